The van der Waals surface area contributed by atoms with Gasteiger partial charge in [-0.2, -0.15) is 0 Å². The molecule has 0 bridgehead atoms. The zero-order valence-electron chi connectivity index (χ0n) is 15.7. The molecule has 0 aromatic heterocycles. The zero-order valence-corrected chi connectivity index (χ0v) is 15.7. The van der Waals surface area contributed by atoms with Crippen molar-refractivity contribution in [2.75, 3.05) is 20.3 Å². The van der Waals surface area contributed by atoms with Crippen molar-refractivity contribution in [3.05, 3.63) is 0 Å². The minimum absolute atomic E-state index is 0.0623. The van der Waals surface area contributed by atoms with Crippen LogP contribution in [0, 0.1) is 17.3 Å². The second-order valence-corrected chi connectivity index (χ2v) is 6.86. The number of rotatable bonds is 13. The van der Waals surface area contributed by atoms with Crippen molar-refractivity contribution in [2.24, 2.45) is 17.3 Å². The quantitative estimate of drug-likeness (QED) is 0.437. The van der Waals surface area contributed by atoms with Gasteiger partial charge in [-0.3, -0.25) is 4.79 Å². The normalized spacial score (nSPS) is 15.6. The van der Waals surface area contributed by atoms with Crippen molar-refractivity contribution in [3.8, 4) is 0 Å². The van der Waals surface area contributed by atoms with Crippen molar-refractivity contribution in [2.45, 2.75) is 79.6 Å². The van der Waals surface area contributed by atoms with Gasteiger partial charge in [-0.05, 0) is 24.7 Å². The monoisotopic (exact) mass is 314 g/mol. The lowest BCUT2D eigenvalue weighted by Gasteiger charge is -2.35. The number of ether oxygens (including phenoxy) is 2. The maximum absolute atomic E-state index is 12.8. The van der Waals surface area contributed by atoms with Gasteiger partial charge >= 0.3 is 5.97 Å². The van der Waals surface area contributed by atoms with Crippen LogP contribution < -0.4 is 0 Å². The predicted octanol–water partition coefficient (Wildman–Crippen LogP) is 5.23. The summed E-state index contributed by atoms with van der Waals surface area (Å²) in [7, 11) is 1.67. The van der Waals surface area contributed by atoms with Gasteiger partial charge in [-0.1, -0.05) is 66.7 Å². The minimum Gasteiger partial charge on any atom is -0.465 e. The summed E-state index contributed by atoms with van der Waals surface area (Å²) in [5, 5.41) is 0. The van der Waals surface area contributed by atoms with E-state index in [2.05, 4.69) is 34.6 Å². The van der Waals surface area contributed by atoms with Crippen molar-refractivity contribution in [3.63, 3.8) is 0 Å². The van der Waals surface area contributed by atoms with E-state index in [1.807, 2.05) is 0 Å². The summed E-state index contributed by atoms with van der Waals surface area (Å²) in [5.74, 6) is 0.650. The van der Waals surface area contributed by atoms with E-state index >= 15 is 0 Å². The summed E-state index contributed by atoms with van der Waals surface area (Å²) in [6.45, 7) is 11.7. The highest BCUT2D eigenvalue weighted by atomic mass is 16.5. The first kappa shape index (κ1) is 21.4. The average molecular weight is 315 g/mol. The lowest BCUT2D eigenvalue weighted by Crippen LogP contribution is -2.42. The van der Waals surface area contributed by atoms with Crippen molar-refractivity contribution in [1.82, 2.24) is 0 Å². The molecule has 2 atom stereocenters. The Balaban J connectivity index is 4.79. The molecule has 0 spiro atoms. The van der Waals surface area contributed by atoms with Gasteiger partial charge in [0.15, 0.2) is 0 Å². The molecule has 0 aliphatic heterocycles. The Morgan fingerprint density at radius 2 is 1.73 bits per heavy atom. The maximum Gasteiger partial charge on any atom is 0.314 e. The summed E-state index contributed by atoms with van der Waals surface area (Å²) in [6, 6.07) is 0. The molecule has 0 fully saturated rings. The molecule has 0 saturated carbocycles. The van der Waals surface area contributed by atoms with Crippen LogP contribution in [0.2, 0.25) is 0 Å². The highest BCUT2D eigenvalue weighted by Crippen LogP contribution is 2.35. The second kappa shape index (κ2) is 11.9. The lowest BCUT2D eigenvalue weighted by molar-refractivity contribution is -0.165. The van der Waals surface area contributed by atoms with Gasteiger partial charge < -0.3 is 9.47 Å². The molecule has 132 valence electrons. The first-order valence-electron chi connectivity index (χ1n) is 9.14. The topological polar surface area (TPSA) is 35.5 Å². The van der Waals surface area contributed by atoms with Crippen LogP contribution in [0.3, 0.4) is 0 Å². The zero-order chi connectivity index (χ0) is 17.0. The Morgan fingerprint density at radius 3 is 2.18 bits per heavy atom. The smallest absolute Gasteiger partial charge is 0.314 e. The van der Waals surface area contributed by atoms with Crippen molar-refractivity contribution < 1.29 is 14.3 Å². The summed E-state index contributed by atoms with van der Waals surface area (Å²) in [5.41, 5.74) is -0.492. The van der Waals surface area contributed by atoms with E-state index in [1.165, 1.54) is 12.8 Å². The first-order valence-corrected chi connectivity index (χ1v) is 9.14. The predicted molar refractivity (Wildman–Crippen MR) is 92.9 cm³/mol. The molecule has 2 unspecified atom stereocenters. The van der Waals surface area contributed by atoms with Crippen molar-refractivity contribution >= 4 is 5.97 Å². The second-order valence-electron chi connectivity index (χ2n) is 6.86. The summed E-state index contributed by atoms with van der Waals surface area (Å²) >= 11 is 0. The average Bonchev–Trinajstić information content (AvgIpc) is 2.51. The lowest BCUT2D eigenvalue weighted by atomic mass is 9.74. The van der Waals surface area contributed by atoms with Gasteiger partial charge in [0.25, 0.3) is 0 Å². The SMILES string of the molecule is CCCCC(CC)COC(=O)C(CCCC)(COC)C(C)C. The molecule has 0 aliphatic carbocycles. The molecule has 0 aliphatic rings. The van der Waals surface area contributed by atoms with Gasteiger partial charge in [-0.15, -0.1) is 0 Å². The minimum atomic E-state index is -0.492. The fourth-order valence-electron chi connectivity index (χ4n) is 2.91. The van der Waals surface area contributed by atoms with Crippen LogP contribution in [0.15, 0.2) is 0 Å². The highest BCUT2D eigenvalue weighted by Gasteiger charge is 2.42. The standard InChI is InChI=1S/C19H38O3/c1-7-10-12-17(9-3)14-22-18(20)19(15-21-6,16(4)5)13-11-8-2/h16-17H,7-15H2,1-6H3. The fourth-order valence-corrected chi connectivity index (χ4v) is 2.91. The van der Waals surface area contributed by atoms with E-state index in [1.54, 1.807) is 7.11 Å². The van der Waals surface area contributed by atoms with Crippen LogP contribution >= 0.6 is 0 Å². The number of hydrogen-bond donors (Lipinski definition) is 0. The molecule has 3 nitrogen and oxygen atoms in total. The molecule has 0 saturated heterocycles. The molecule has 0 rings (SSSR count). The summed E-state index contributed by atoms with van der Waals surface area (Å²) in [4.78, 5) is 12.8. The van der Waals surface area contributed by atoms with Gasteiger partial charge in [0.1, 0.15) is 0 Å². The third-order valence-corrected chi connectivity index (χ3v) is 4.88. The fraction of sp³-hybridized carbons (Fsp3) is 0.947. The van der Waals surface area contributed by atoms with Crippen LogP contribution in [0.25, 0.3) is 0 Å². The maximum atomic E-state index is 12.8. The molecule has 0 radical (unpaired) electrons. The number of esters is 1. The Hall–Kier alpha value is -0.570. The van der Waals surface area contributed by atoms with E-state index in [-0.39, 0.29) is 11.9 Å². The molecule has 0 aromatic carbocycles. The third kappa shape index (κ3) is 6.68. The molecule has 0 heterocycles. The largest absolute Gasteiger partial charge is 0.465 e. The summed E-state index contributed by atoms with van der Waals surface area (Å²) < 4.78 is 11.1. The third-order valence-electron chi connectivity index (χ3n) is 4.88. The number of methoxy groups -OCH3 is 1. The first-order chi connectivity index (χ1) is 10.5. The van der Waals surface area contributed by atoms with Crippen LogP contribution in [0.4, 0.5) is 0 Å². The van der Waals surface area contributed by atoms with Gasteiger partial charge in [-0.25, -0.2) is 0 Å². The molecule has 0 amide bonds. The Kier molecular flexibility index (Phi) is 11.6. The number of carbonyl (C=O) groups excluding carboxylic acids is 1. The van der Waals surface area contributed by atoms with E-state index in [4.69, 9.17) is 9.47 Å². The van der Waals surface area contributed by atoms with Crippen LogP contribution in [0.5, 0.6) is 0 Å². The van der Waals surface area contributed by atoms with Crippen molar-refractivity contribution in [1.29, 1.82) is 0 Å². The molecule has 3 heteroatoms. The molecule has 0 N–H and O–H groups in total. The van der Waals surface area contributed by atoms with E-state index < -0.39 is 5.41 Å². The molecule has 22 heavy (non-hydrogen) atoms. The van der Waals surface area contributed by atoms with Gasteiger partial charge in [0.2, 0.25) is 0 Å². The number of unbranched alkanes of at least 4 members (excludes halogenated alkanes) is 2. The highest BCUT2D eigenvalue weighted by molar-refractivity contribution is 5.77. The Labute approximate surface area is 138 Å². The van der Waals surface area contributed by atoms with Gasteiger partial charge in [0.05, 0.1) is 18.6 Å². The van der Waals surface area contributed by atoms with Crippen LogP contribution in [0.1, 0.15) is 79.6 Å². The van der Waals surface area contributed by atoms with Crippen LogP contribution in [-0.4, -0.2) is 26.3 Å². The number of hydrogen-bond acceptors (Lipinski definition) is 3. The van der Waals surface area contributed by atoms with E-state index in [9.17, 15) is 4.79 Å². The molecule has 0 aromatic rings. The van der Waals surface area contributed by atoms with E-state index in [0.29, 0.717) is 19.1 Å². The molecular weight excluding hydrogens is 276 g/mol. The molecular formula is C19H38O3. The van der Waals surface area contributed by atoms with Gasteiger partial charge in [0, 0.05) is 7.11 Å². The summed E-state index contributed by atoms with van der Waals surface area (Å²) in [6.07, 6.45) is 7.58. The van der Waals surface area contributed by atoms with E-state index in [0.717, 1.165) is 32.1 Å². The Bertz CT molecular complexity index is 288. The number of carbonyl (C=O) groups is 1. The van der Waals surface area contributed by atoms with Crippen LogP contribution in [-0.2, 0) is 14.3 Å². The Morgan fingerprint density at radius 1 is 1.09 bits per heavy atom.